The van der Waals surface area contributed by atoms with Gasteiger partial charge >= 0.3 is 0 Å². The van der Waals surface area contributed by atoms with Crippen molar-refractivity contribution in [3.63, 3.8) is 0 Å². The Balaban J connectivity index is 0.000000212. The minimum atomic E-state index is 0.208. The quantitative estimate of drug-likeness (QED) is 0.470. The van der Waals surface area contributed by atoms with Crippen LogP contribution in [0.25, 0.3) is 0 Å². The monoisotopic (exact) mass is 421 g/mol. The van der Waals surface area contributed by atoms with Gasteiger partial charge in [-0.15, -0.1) is 0 Å². The minimum absolute atomic E-state index is 0.208. The molecule has 0 radical (unpaired) electrons. The fraction of sp³-hybridized carbons (Fsp3) is 0.524. The van der Waals surface area contributed by atoms with E-state index < -0.39 is 0 Å². The number of carbonyl (C=O) groups excluding carboxylic acids is 1. The average Bonchev–Trinajstić information content (AvgIpc) is 3.35. The van der Waals surface area contributed by atoms with E-state index >= 15 is 0 Å². The summed E-state index contributed by atoms with van der Waals surface area (Å²) < 4.78 is 19.0. The molecule has 0 unspecified atom stereocenters. The second kappa shape index (κ2) is 15.1. The normalized spacial score (nSPS) is 11.2. The molecule has 0 bridgehead atoms. The molecule has 4 rings (SSSR count). The van der Waals surface area contributed by atoms with Crippen molar-refractivity contribution >= 4 is 6.29 Å². The molecule has 0 aromatic carbocycles. The van der Waals surface area contributed by atoms with E-state index in [1.807, 2.05) is 45.9 Å². The summed E-state index contributed by atoms with van der Waals surface area (Å²) in [4.78, 5) is 9.92. The maximum absolute atomic E-state index is 9.92. The molecule has 1 fully saturated rings. The molecule has 0 aliphatic carbocycles. The molecular weight excluding hydrogens is 390 g/mol. The highest BCUT2D eigenvalue weighted by atomic mass is 16.6. The molecule has 0 spiro atoms. The van der Waals surface area contributed by atoms with Crippen LogP contribution < -0.4 is 0 Å². The Morgan fingerprint density at radius 2 is 1.37 bits per heavy atom. The van der Waals surface area contributed by atoms with Crippen LogP contribution in [0.15, 0.2) is 31.8 Å². The van der Waals surface area contributed by atoms with Gasteiger partial charge < -0.3 is 28.2 Å². The van der Waals surface area contributed by atoms with Crippen LogP contribution in [0.2, 0.25) is 0 Å². The van der Waals surface area contributed by atoms with Crippen molar-refractivity contribution < 1.29 is 28.2 Å². The van der Waals surface area contributed by atoms with Gasteiger partial charge in [0.15, 0.2) is 0 Å². The van der Waals surface area contributed by atoms with Crippen LogP contribution >= 0.6 is 0 Å². The zero-order chi connectivity index (χ0) is 22.2. The lowest BCUT2D eigenvalue weighted by atomic mass is 10.2. The van der Waals surface area contributed by atoms with Gasteiger partial charge in [0.05, 0.1) is 30.3 Å². The zero-order valence-corrected chi connectivity index (χ0v) is 18.1. The fourth-order valence-corrected chi connectivity index (χ4v) is 2.01. The van der Waals surface area contributed by atoms with E-state index in [4.69, 9.17) is 18.7 Å². The number of aryl methyl sites for hydroxylation is 6. The number of ether oxygens (including phenoxy) is 1. The third kappa shape index (κ3) is 13.4. The Bertz CT molecular complexity index is 803. The number of aldehydes is 1. The zero-order valence-electron chi connectivity index (χ0n) is 18.1. The molecule has 3 aromatic heterocycles. The lowest BCUT2D eigenvalue weighted by molar-refractivity contribution is -0.107. The van der Waals surface area contributed by atoms with Crippen LogP contribution in [0.4, 0.5) is 0 Å². The molecule has 3 aromatic rings. The summed E-state index contributed by atoms with van der Waals surface area (Å²) in [7, 11) is 0. The first-order valence-corrected chi connectivity index (χ1v) is 9.81. The third-order valence-electron chi connectivity index (χ3n) is 3.39. The van der Waals surface area contributed by atoms with Gasteiger partial charge in [-0.3, -0.25) is 0 Å². The molecule has 0 atom stereocenters. The van der Waals surface area contributed by atoms with Crippen LogP contribution in [0.5, 0.6) is 0 Å². The van der Waals surface area contributed by atoms with Crippen molar-refractivity contribution in [2.24, 2.45) is 0 Å². The van der Waals surface area contributed by atoms with Gasteiger partial charge in [-0.2, -0.15) is 0 Å². The van der Waals surface area contributed by atoms with Gasteiger partial charge in [0, 0.05) is 44.1 Å². The van der Waals surface area contributed by atoms with E-state index in [9.17, 15) is 4.79 Å². The predicted octanol–water partition coefficient (Wildman–Crippen LogP) is 3.33. The van der Waals surface area contributed by atoms with Gasteiger partial charge in [0.2, 0.25) is 0 Å². The van der Waals surface area contributed by atoms with Crippen molar-refractivity contribution in [2.75, 3.05) is 19.8 Å². The predicted molar refractivity (Wildman–Crippen MR) is 109 cm³/mol. The van der Waals surface area contributed by atoms with E-state index in [2.05, 4.69) is 20.2 Å². The molecule has 9 heteroatoms. The maximum atomic E-state index is 9.92. The number of hydrogen-bond donors (Lipinski definition) is 1. The topological polar surface area (TPSA) is 128 Å². The third-order valence-corrected chi connectivity index (χ3v) is 3.39. The van der Waals surface area contributed by atoms with Crippen LogP contribution in [-0.4, -0.2) is 46.7 Å². The summed E-state index contributed by atoms with van der Waals surface area (Å²) >= 11 is 0. The fourth-order valence-electron chi connectivity index (χ4n) is 2.01. The highest BCUT2D eigenvalue weighted by Gasteiger charge is 1.99. The number of epoxide rings is 1. The van der Waals surface area contributed by atoms with E-state index in [1.165, 1.54) is 0 Å². The second-order valence-electron chi connectivity index (χ2n) is 6.59. The number of aliphatic hydroxyl groups excluding tert-OH is 1. The van der Waals surface area contributed by atoms with Gasteiger partial charge in [-0.25, -0.2) is 0 Å². The smallest absolute Gasteiger partial charge is 0.137 e. The highest BCUT2D eigenvalue weighted by molar-refractivity contribution is 5.49. The maximum Gasteiger partial charge on any atom is 0.137 e. The summed E-state index contributed by atoms with van der Waals surface area (Å²) in [6.45, 7) is 9.72. The van der Waals surface area contributed by atoms with Crippen molar-refractivity contribution in [3.05, 3.63) is 52.6 Å². The van der Waals surface area contributed by atoms with Crippen molar-refractivity contribution in [1.82, 2.24) is 15.5 Å². The molecule has 30 heavy (non-hydrogen) atoms. The second-order valence-corrected chi connectivity index (χ2v) is 6.59. The number of rotatable bonds is 6. The number of aliphatic hydroxyl groups is 1. The molecule has 0 amide bonds. The van der Waals surface area contributed by atoms with Crippen molar-refractivity contribution in [2.45, 2.75) is 53.4 Å². The number of nitrogens with zero attached hydrogens (tertiary/aromatic N) is 3. The first kappa shape index (κ1) is 25.3. The number of carbonyl (C=O) groups is 1. The van der Waals surface area contributed by atoms with Crippen LogP contribution in [0.3, 0.4) is 0 Å². The standard InChI is InChI=1S/C7H11NO2.C7H9NO2.C5H7NO.C2H4O/c2*1-6-5-7(10-8-6)3-2-4-9;1-4-3-5(2)7-6-4;1-2-3-1/h5,9H,2-4H2,1H3;4-5H,2-3H2,1H3;3H,1-2H3;1-2H2. The van der Waals surface area contributed by atoms with Crippen LogP contribution in [0.1, 0.15) is 47.2 Å². The molecule has 1 aliphatic heterocycles. The Labute approximate surface area is 176 Å². The molecule has 0 saturated carbocycles. The van der Waals surface area contributed by atoms with Crippen LogP contribution in [0, 0.1) is 27.7 Å². The highest BCUT2D eigenvalue weighted by Crippen LogP contribution is 2.04. The molecule has 4 heterocycles. The average molecular weight is 421 g/mol. The Kier molecular flexibility index (Phi) is 12.7. The summed E-state index contributed by atoms with van der Waals surface area (Å²) in [6, 6.07) is 5.61. The first-order valence-electron chi connectivity index (χ1n) is 9.81. The lowest BCUT2D eigenvalue weighted by Gasteiger charge is -1.88. The molecule has 166 valence electrons. The number of hydrogen-bond acceptors (Lipinski definition) is 9. The molecule has 1 aliphatic rings. The number of aromatic nitrogens is 3. The van der Waals surface area contributed by atoms with E-state index in [1.54, 1.807) is 0 Å². The molecule has 9 nitrogen and oxygen atoms in total. The lowest BCUT2D eigenvalue weighted by Crippen LogP contribution is -1.86. The summed E-state index contributed by atoms with van der Waals surface area (Å²) in [5.74, 6) is 2.51. The van der Waals surface area contributed by atoms with E-state index in [0.717, 1.165) is 66.7 Å². The largest absolute Gasteiger partial charge is 0.396 e. The van der Waals surface area contributed by atoms with Crippen LogP contribution in [-0.2, 0) is 22.4 Å². The Morgan fingerprint density at radius 1 is 0.867 bits per heavy atom. The van der Waals surface area contributed by atoms with Gasteiger partial charge in [0.25, 0.3) is 0 Å². The SMILES string of the molecule is C1CO1.Cc1cc(C)on1.Cc1cc(CCC=O)on1.Cc1cc(CCCO)on1. The molecule has 1 saturated heterocycles. The van der Waals surface area contributed by atoms with Crippen molar-refractivity contribution in [3.8, 4) is 0 Å². The minimum Gasteiger partial charge on any atom is -0.396 e. The Hall–Kier alpha value is -2.78. The first-order chi connectivity index (χ1) is 14.4. The van der Waals surface area contributed by atoms with Crippen molar-refractivity contribution in [1.29, 1.82) is 0 Å². The molecule has 1 N–H and O–H groups in total. The Morgan fingerprint density at radius 3 is 1.67 bits per heavy atom. The summed E-state index contributed by atoms with van der Waals surface area (Å²) in [5, 5.41) is 19.5. The van der Waals surface area contributed by atoms with E-state index in [-0.39, 0.29) is 6.61 Å². The summed E-state index contributed by atoms with van der Waals surface area (Å²) in [5.41, 5.74) is 2.70. The van der Waals surface area contributed by atoms with Gasteiger partial charge in [0.1, 0.15) is 23.6 Å². The van der Waals surface area contributed by atoms with Gasteiger partial charge in [-0.05, 0) is 34.1 Å². The molecular formula is C21H31N3O6. The van der Waals surface area contributed by atoms with Gasteiger partial charge in [-0.1, -0.05) is 15.5 Å². The van der Waals surface area contributed by atoms with E-state index in [0.29, 0.717) is 12.8 Å². The summed E-state index contributed by atoms with van der Waals surface area (Å²) in [6.07, 6.45) is 3.56.